The summed E-state index contributed by atoms with van der Waals surface area (Å²) in [5, 5.41) is 35.2. The predicted molar refractivity (Wildman–Crippen MR) is 230 cm³/mol. The number of carbonyl (C=O) groups is 10. The number of nitrogens with two attached hydrogens (primary N) is 2. The number of amides is 7. The number of aliphatic carboxylic acids is 2. The number of ketones is 3. The van der Waals surface area contributed by atoms with E-state index >= 15 is 0 Å². The highest BCUT2D eigenvalue weighted by atomic mass is 32.2. The van der Waals surface area contributed by atoms with Crippen molar-refractivity contribution in [2.75, 3.05) is 43.4 Å². The monoisotopic (exact) mass is 899 g/mol. The van der Waals surface area contributed by atoms with Gasteiger partial charge in [0.05, 0.1) is 19.1 Å². The first-order valence-electron chi connectivity index (χ1n) is 18.4. The van der Waals surface area contributed by atoms with E-state index < -0.39 is 60.0 Å². The van der Waals surface area contributed by atoms with Crippen molar-refractivity contribution in [1.29, 1.82) is 0 Å². The number of urea groups is 2. The van der Waals surface area contributed by atoms with Gasteiger partial charge in [-0.05, 0) is 36.5 Å². The Hall–Kier alpha value is -4.13. The minimum atomic E-state index is -1.24. The van der Waals surface area contributed by atoms with E-state index in [-0.39, 0.29) is 66.0 Å². The normalized spacial score (nSPS) is 13.0. The van der Waals surface area contributed by atoms with Crippen molar-refractivity contribution >= 4 is 94.4 Å². The molecule has 0 heterocycles. The van der Waals surface area contributed by atoms with Crippen molar-refractivity contribution in [2.24, 2.45) is 11.5 Å². The first-order valence-corrected chi connectivity index (χ1v) is 21.6. The van der Waals surface area contributed by atoms with Gasteiger partial charge < -0.3 is 58.9 Å². The van der Waals surface area contributed by atoms with Crippen molar-refractivity contribution in [1.82, 2.24) is 37.2 Å². The minimum absolute atomic E-state index is 0.0170. The highest BCUT2D eigenvalue weighted by Crippen LogP contribution is 2.12. The lowest BCUT2D eigenvalue weighted by Crippen LogP contribution is -2.54. The molecule has 0 aromatic rings. The van der Waals surface area contributed by atoms with E-state index in [4.69, 9.17) is 21.7 Å². The largest absolute Gasteiger partial charge is 0.480 e. The molecule has 0 aromatic carbocycles. The van der Waals surface area contributed by atoms with Crippen LogP contribution in [0, 0.1) is 0 Å². The van der Waals surface area contributed by atoms with Crippen LogP contribution in [0.2, 0.25) is 0 Å². The summed E-state index contributed by atoms with van der Waals surface area (Å²) < 4.78 is 0. The number of carboxylic acids is 2. The van der Waals surface area contributed by atoms with E-state index in [1.54, 1.807) is 11.8 Å². The number of hydrogen-bond acceptors (Lipinski definition) is 15. The third-order valence-electron chi connectivity index (χ3n) is 6.52. The van der Waals surface area contributed by atoms with E-state index in [0.29, 0.717) is 22.5 Å². The Labute approximate surface area is 358 Å². The third kappa shape index (κ3) is 36.7. The van der Waals surface area contributed by atoms with Gasteiger partial charge in [0.1, 0.15) is 35.7 Å². The van der Waals surface area contributed by atoms with Gasteiger partial charge in [-0.15, -0.1) is 0 Å². The highest BCUT2D eigenvalue weighted by molar-refractivity contribution is 8.00. The molecule has 0 rings (SSSR count). The maximum Gasteiger partial charge on any atom is 0.322 e. The van der Waals surface area contributed by atoms with Crippen LogP contribution in [0.4, 0.5) is 9.59 Å². The fourth-order valence-corrected chi connectivity index (χ4v) is 5.93. The molecule has 0 aliphatic carbocycles. The summed E-state index contributed by atoms with van der Waals surface area (Å²) in [6.45, 7) is 16.8. The van der Waals surface area contributed by atoms with Crippen LogP contribution < -0.4 is 48.7 Å². The second kappa shape index (κ2) is 33.7. The van der Waals surface area contributed by atoms with Crippen molar-refractivity contribution in [3.8, 4) is 0 Å². The number of hydrogen-bond donors (Lipinski definition) is 11. The summed E-state index contributed by atoms with van der Waals surface area (Å²) in [7, 11) is 0. The number of nitrogens with one attached hydrogen (secondary N) is 7. The van der Waals surface area contributed by atoms with Gasteiger partial charge in [0.15, 0.2) is 5.78 Å². The molecule has 0 bridgehead atoms. The Balaban J connectivity index is -0.000000831. The molecule has 0 unspecified atom stereocenters. The number of Topliss-reactive ketones (excluding diaryl/α,β-unsaturated/α-hetero) is 3. The summed E-state index contributed by atoms with van der Waals surface area (Å²) in [6, 6.07) is -5.87. The second-order valence-electron chi connectivity index (χ2n) is 13.6. The van der Waals surface area contributed by atoms with Crippen LogP contribution >= 0.6 is 35.3 Å². The van der Waals surface area contributed by atoms with Crippen molar-refractivity contribution < 1.29 is 58.2 Å². The maximum absolute atomic E-state index is 12.0. The van der Waals surface area contributed by atoms with Gasteiger partial charge in [-0.2, -0.15) is 35.3 Å². The van der Waals surface area contributed by atoms with Gasteiger partial charge >= 0.3 is 24.0 Å². The molecule has 7 amide bonds. The number of carboxylic acid groups (broad SMARTS) is 2. The molecular formula is C35H65N9O12S3. The average molecular weight is 900 g/mol. The lowest BCUT2D eigenvalue weighted by molar-refractivity contribution is -0.139. The van der Waals surface area contributed by atoms with Crippen LogP contribution in [0.3, 0.4) is 0 Å². The lowest BCUT2D eigenvalue weighted by atomic mass is 10.2. The average Bonchev–Trinajstić information content (AvgIpc) is 3.12. The minimum Gasteiger partial charge on any atom is -0.480 e. The van der Waals surface area contributed by atoms with Crippen LogP contribution in [0.5, 0.6) is 0 Å². The van der Waals surface area contributed by atoms with Crippen LogP contribution in [0.1, 0.15) is 69.2 Å². The second-order valence-corrected chi connectivity index (χ2v) is 18.4. The molecule has 24 heteroatoms. The first kappa shape index (κ1) is 59.2. The van der Waals surface area contributed by atoms with E-state index in [1.807, 2.05) is 27.7 Å². The van der Waals surface area contributed by atoms with Crippen LogP contribution in [0.15, 0.2) is 0 Å². The first-order chi connectivity index (χ1) is 27.2. The van der Waals surface area contributed by atoms with Crippen LogP contribution in [-0.2, 0) is 38.4 Å². The Bertz CT molecular complexity index is 1310. The molecule has 0 spiro atoms. The smallest absolute Gasteiger partial charge is 0.322 e. The molecule has 5 atom stereocenters. The molecule has 0 radical (unpaired) electrons. The molecule has 59 heavy (non-hydrogen) atoms. The fraction of sp³-hybridized carbons (Fsp3) is 0.714. The van der Waals surface area contributed by atoms with Gasteiger partial charge in [0, 0.05) is 37.3 Å². The summed E-state index contributed by atoms with van der Waals surface area (Å²) in [4.78, 5) is 112. The van der Waals surface area contributed by atoms with Crippen molar-refractivity contribution in [3.05, 3.63) is 0 Å². The zero-order valence-corrected chi connectivity index (χ0v) is 37.9. The molecule has 0 aromatic heterocycles. The standard InChI is InChI=1S/2C13H24N4O5S.C9H17NO2S/c2*1-7(2)23-6-10(11(19)15-4-8(3)18)17-13(22)16-5-9(14)12(20)21;1-6(2)13-5-9(7(3)11)10-8(4)12/h2*7,9-10H,4-6,14H2,1-3H3,(H,15,19)(H,20,21)(H2,16,17,22);6,9H,5H2,1-4H3,(H,10,12)/t2*9-,10-;9-/m000/s1. The topological polar surface area (TPSA) is 347 Å². The summed E-state index contributed by atoms with van der Waals surface area (Å²) in [6.07, 6.45) is 0. The predicted octanol–water partition coefficient (Wildman–Crippen LogP) is -0.953. The molecule has 340 valence electrons. The summed E-state index contributed by atoms with van der Waals surface area (Å²) >= 11 is 4.61. The Morgan fingerprint density at radius 2 is 0.797 bits per heavy atom. The molecule has 13 N–H and O–H groups in total. The molecule has 0 aliphatic heterocycles. The van der Waals surface area contributed by atoms with Gasteiger partial charge in [-0.1, -0.05) is 41.5 Å². The van der Waals surface area contributed by atoms with Gasteiger partial charge in [0.2, 0.25) is 17.7 Å². The quantitative estimate of drug-likeness (QED) is 0.0526. The summed E-state index contributed by atoms with van der Waals surface area (Å²) in [5.41, 5.74) is 10.5. The third-order valence-corrected chi connectivity index (χ3v) is 10.1. The van der Waals surface area contributed by atoms with E-state index in [9.17, 15) is 47.9 Å². The molecule has 0 aliphatic rings. The highest BCUT2D eigenvalue weighted by Gasteiger charge is 2.24. The number of rotatable bonds is 25. The number of thioether (sulfide) groups is 3. The summed E-state index contributed by atoms with van der Waals surface area (Å²) in [5.74, 6) is -2.68. The maximum atomic E-state index is 12.0. The van der Waals surface area contributed by atoms with Crippen molar-refractivity contribution in [2.45, 2.75) is 115 Å². The van der Waals surface area contributed by atoms with Crippen LogP contribution in [-0.4, -0.2) is 159 Å². The van der Waals surface area contributed by atoms with Crippen LogP contribution in [0.25, 0.3) is 0 Å². The molecule has 0 saturated heterocycles. The molecule has 21 nitrogen and oxygen atoms in total. The van der Waals surface area contributed by atoms with E-state index in [0.717, 1.165) is 0 Å². The van der Waals surface area contributed by atoms with E-state index in [2.05, 4.69) is 51.1 Å². The lowest BCUT2D eigenvalue weighted by Gasteiger charge is -2.19. The fourth-order valence-electron chi connectivity index (χ4n) is 3.41. The van der Waals surface area contributed by atoms with E-state index in [1.165, 1.54) is 51.2 Å². The van der Waals surface area contributed by atoms with Gasteiger partial charge in [-0.25, -0.2) is 9.59 Å². The zero-order chi connectivity index (χ0) is 46.4. The van der Waals surface area contributed by atoms with Gasteiger partial charge in [-0.3, -0.25) is 38.4 Å². The van der Waals surface area contributed by atoms with Crippen molar-refractivity contribution in [3.63, 3.8) is 0 Å². The molecule has 0 saturated carbocycles. The van der Waals surface area contributed by atoms with Gasteiger partial charge in [0.25, 0.3) is 0 Å². The SMILES string of the molecule is CC(=O)CNC(=O)[C@H](CSC(C)C)NC(=O)NC[C@H](N)C(=O)O.CC(=O)CNC(=O)[C@H](CSC(C)C)NC(=O)NC[C@H](N)C(=O)O.CC(=O)N[C@@H](CSC(C)C)C(C)=O. The Kier molecular flexibility index (Phi) is 33.8. The Morgan fingerprint density at radius 3 is 1.03 bits per heavy atom. The molecule has 0 fully saturated rings. The number of carbonyl (C=O) groups excluding carboxylic acids is 8. The molecular weight excluding hydrogens is 835 g/mol. The zero-order valence-electron chi connectivity index (χ0n) is 35.4. The Morgan fingerprint density at radius 1 is 0.492 bits per heavy atom.